The van der Waals surface area contributed by atoms with Crippen molar-refractivity contribution in [2.75, 3.05) is 20.3 Å². The minimum atomic E-state index is 0.477. The van der Waals surface area contributed by atoms with Crippen LogP contribution in [0.5, 0.6) is 0 Å². The maximum Gasteiger partial charge on any atom is 0.0615 e. The van der Waals surface area contributed by atoms with Crippen LogP contribution in [0.1, 0.15) is 36.4 Å². The minimum Gasteiger partial charge on any atom is -0.383 e. The summed E-state index contributed by atoms with van der Waals surface area (Å²) in [4.78, 5) is 5.38. The lowest BCUT2D eigenvalue weighted by Crippen LogP contribution is -2.35. The molecule has 1 N–H and O–H groups in total. The molecule has 0 aromatic carbocycles. The lowest BCUT2D eigenvalue weighted by Gasteiger charge is -2.26. The van der Waals surface area contributed by atoms with Crippen LogP contribution < -0.4 is 5.32 Å². The minimum absolute atomic E-state index is 0.477. The monoisotopic (exact) mass is 282 g/mol. The highest BCUT2D eigenvalue weighted by Crippen LogP contribution is 2.22. The van der Waals surface area contributed by atoms with Crippen LogP contribution >= 0.6 is 11.3 Å². The van der Waals surface area contributed by atoms with E-state index < -0.39 is 0 Å². The molecule has 1 aliphatic rings. The standard InChI is InChI=1S/C15H26N2OS/c1-4-17(12(2)11-18-3)10-15-8-7-14(19-15)9-16-13-5-6-13/h7-8,12-13,16H,4-6,9-11H2,1-3H3. The van der Waals surface area contributed by atoms with Gasteiger partial charge in [-0.3, -0.25) is 4.90 Å². The summed E-state index contributed by atoms with van der Waals surface area (Å²) < 4.78 is 5.25. The number of nitrogens with zero attached hydrogens (tertiary/aromatic N) is 1. The fourth-order valence-corrected chi connectivity index (χ4v) is 3.26. The molecule has 1 aromatic heterocycles. The van der Waals surface area contributed by atoms with Gasteiger partial charge in [-0.1, -0.05) is 6.92 Å². The summed E-state index contributed by atoms with van der Waals surface area (Å²) in [5.74, 6) is 0. The van der Waals surface area contributed by atoms with Crippen molar-refractivity contribution in [2.24, 2.45) is 0 Å². The molecule has 0 amide bonds. The fourth-order valence-electron chi connectivity index (χ4n) is 2.26. The molecule has 108 valence electrons. The first kappa shape index (κ1) is 15.0. The number of hydrogen-bond donors (Lipinski definition) is 1. The van der Waals surface area contributed by atoms with Gasteiger partial charge in [0, 0.05) is 42.0 Å². The Bertz CT molecular complexity index is 376. The molecule has 4 heteroatoms. The number of thiophene rings is 1. The third kappa shape index (κ3) is 4.88. The van der Waals surface area contributed by atoms with Gasteiger partial charge in [0.15, 0.2) is 0 Å². The summed E-state index contributed by atoms with van der Waals surface area (Å²) in [6.07, 6.45) is 2.72. The Labute approximate surface area is 121 Å². The third-order valence-electron chi connectivity index (χ3n) is 3.66. The molecule has 1 fully saturated rings. The quantitative estimate of drug-likeness (QED) is 0.754. The molecule has 1 aromatic rings. The summed E-state index contributed by atoms with van der Waals surface area (Å²) in [5.41, 5.74) is 0. The third-order valence-corrected chi connectivity index (χ3v) is 4.73. The molecular weight excluding hydrogens is 256 g/mol. The second-order valence-corrected chi connectivity index (χ2v) is 6.64. The fraction of sp³-hybridized carbons (Fsp3) is 0.733. The zero-order chi connectivity index (χ0) is 13.7. The van der Waals surface area contributed by atoms with E-state index in [1.165, 1.54) is 22.6 Å². The Morgan fingerprint density at radius 2 is 2.16 bits per heavy atom. The van der Waals surface area contributed by atoms with E-state index in [2.05, 4.69) is 36.2 Å². The van der Waals surface area contributed by atoms with Crippen LogP contribution in [0.15, 0.2) is 12.1 Å². The maximum absolute atomic E-state index is 5.25. The van der Waals surface area contributed by atoms with Gasteiger partial charge in [0.05, 0.1) is 6.61 Å². The van der Waals surface area contributed by atoms with Crippen LogP contribution in [0.4, 0.5) is 0 Å². The van der Waals surface area contributed by atoms with E-state index >= 15 is 0 Å². The van der Waals surface area contributed by atoms with Crippen molar-refractivity contribution < 1.29 is 4.74 Å². The van der Waals surface area contributed by atoms with Crippen LogP contribution in [0, 0.1) is 0 Å². The molecule has 0 aliphatic heterocycles. The highest BCUT2D eigenvalue weighted by molar-refractivity contribution is 7.11. The van der Waals surface area contributed by atoms with Gasteiger partial charge in [0.2, 0.25) is 0 Å². The number of nitrogens with one attached hydrogen (secondary N) is 1. The average molecular weight is 282 g/mol. The second-order valence-electron chi connectivity index (χ2n) is 5.39. The Morgan fingerprint density at radius 3 is 2.79 bits per heavy atom. The van der Waals surface area contributed by atoms with Crippen LogP contribution in [-0.2, 0) is 17.8 Å². The molecule has 0 spiro atoms. The summed E-state index contributed by atoms with van der Waals surface area (Å²) in [6, 6.07) is 5.81. The summed E-state index contributed by atoms with van der Waals surface area (Å²) in [5, 5.41) is 3.57. The van der Waals surface area contributed by atoms with Crippen LogP contribution in [0.25, 0.3) is 0 Å². The summed E-state index contributed by atoms with van der Waals surface area (Å²) in [7, 11) is 1.77. The molecule has 0 radical (unpaired) electrons. The molecule has 1 atom stereocenters. The first-order valence-corrected chi connectivity index (χ1v) is 8.08. The number of ether oxygens (including phenoxy) is 1. The predicted molar refractivity (Wildman–Crippen MR) is 81.6 cm³/mol. The highest BCUT2D eigenvalue weighted by atomic mass is 32.1. The zero-order valence-corrected chi connectivity index (χ0v) is 13.1. The molecule has 2 rings (SSSR count). The van der Waals surface area contributed by atoms with Crippen molar-refractivity contribution >= 4 is 11.3 Å². The highest BCUT2D eigenvalue weighted by Gasteiger charge is 2.20. The van der Waals surface area contributed by atoms with E-state index in [0.717, 1.165) is 32.3 Å². The SMILES string of the molecule is CCN(Cc1ccc(CNC2CC2)s1)C(C)COC. The lowest BCUT2D eigenvalue weighted by molar-refractivity contribution is 0.0988. The van der Waals surface area contributed by atoms with Crippen molar-refractivity contribution in [1.29, 1.82) is 0 Å². The largest absolute Gasteiger partial charge is 0.383 e. The van der Waals surface area contributed by atoms with E-state index in [4.69, 9.17) is 4.74 Å². The van der Waals surface area contributed by atoms with E-state index in [-0.39, 0.29) is 0 Å². The topological polar surface area (TPSA) is 24.5 Å². The molecular formula is C15H26N2OS. The second kappa shape index (κ2) is 7.39. The smallest absolute Gasteiger partial charge is 0.0615 e. The van der Waals surface area contributed by atoms with Crippen molar-refractivity contribution in [3.8, 4) is 0 Å². The van der Waals surface area contributed by atoms with Crippen molar-refractivity contribution in [3.63, 3.8) is 0 Å². The average Bonchev–Trinajstić information content (AvgIpc) is 3.13. The molecule has 1 saturated carbocycles. The molecule has 3 nitrogen and oxygen atoms in total. The van der Waals surface area contributed by atoms with Crippen LogP contribution in [0.3, 0.4) is 0 Å². The van der Waals surface area contributed by atoms with E-state index in [0.29, 0.717) is 6.04 Å². The lowest BCUT2D eigenvalue weighted by atomic mass is 10.3. The molecule has 0 saturated heterocycles. The van der Waals surface area contributed by atoms with Gasteiger partial charge >= 0.3 is 0 Å². The van der Waals surface area contributed by atoms with Gasteiger partial charge in [-0.25, -0.2) is 0 Å². The van der Waals surface area contributed by atoms with E-state index in [9.17, 15) is 0 Å². The Hall–Kier alpha value is -0.420. The van der Waals surface area contributed by atoms with Gasteiger partial charge < -0.3 is 10.1 Å². The summed E-state index contributed by atoms with van der Waals surface area (Å²) >= 11 is 1.94. The first-order chi connectivity index (χ1) is 9.22. The van der Waals surface area contributed by atoms with Crippen LogP contribution in [0.2, 0.25) is 0 Å². The van der Waals surface area contributed by atoms with Gasteiger partial charge in [-0.15, -0.1) is 11.3 Å². The molecule has 1 unspecified atom stereocenters. The van der Waals surface area contributed by atoms with Crippen molar-refractivity contribution in [2.45, 2.75) is 51.9 Å². The van der Waals surface area contributed by atoms with Crippen LogP contribution in [-0.4, -0.2) is 37.2 Å². The molecule has 19 heavy (non-hydrogen) atoms. The predicted octanol–water partition coefficient (Wildman–Crippen LogP) is 2.86. The van der Waals surface area contributed by atoms with Gasteiger partial charge in [0.1, 0.15) is 0 Å². The van der Waals surface area contributed by atoms with Gasteiger partial charge in [0.25, 0.3) is 0 Å². The maximum atomic E-state index is 5.25. The number of methoxy groups -OCH3 is 1. The van der Waals surface area contributed by atoms with E-state index in [1.54, 1.807) is 7.11 Å². The van der Waals surface area contributed by atoms with E-state index in [1.807, 2.05) is 11.3 Å². The Morgan fingerprint density at radius 1 is 1.42 bits per heavy atom. The first-order valence-electron chi connectivity index (χ1n) is 7.27. The number of rotatable bonds is 9. The van der Waals surface area contributed by atoms with Crippen molar-refractivity contribution in [1.82, 2.24) is 10.2 Å². The van der Waals surface area contributed by atoms with Gasteiger partial charge in [-0.2, -0.15) is 0 Å². The molecule has 1 aliphatic carbocycles. The zero-order valence-electron chi connectivity index (χ0n) is 12.3. The Kier molecular flexibility index (Phi) is 5.82. The van der Waals surface area contributed by atoms with Crippen molar-refractivity contribution in [3.05, 3.63) is 21.9 Å². The van der Waals surface area contributed by atoms with Gasteiger partial charge in [-0.05, 0) is 38.4 Å². The number of likely N-dealkylation sites (N-methyl/N-ethyl adjacent to an activating group) is 1. The number of hydrogen-bond acceptors (Lipinski definition) is 4. The molecule has 0 bridgehead atoms. The normalized spacial score (nSPS) is 17.1. The Balaban J connectivity index is 1.82. The summed E-state index contributed by atoms with van der Waals surface area (Å²) in [6.45, 7) is 8.39. The molecule has 1 heterocycles.